The van der Waals surface area contributed by atoms with E-state index in [9.17, 15) is 4.79 Å². The number of imidazole rings is 1. The molecule has 1 aromatic carbocycles. The van der Waals surface area contributed by atoms with Gasteiger partial charge in [0.2, 0.25) is 5.91 Å². The SMILES string of the molecule is CCc1csc(-c2cn(CC(=O)Nc3cc(C)cc(C)c3)cn2)n1. The largest absolute Gasteiger partial charge is 0.327 e. The van der Waals surface area contributed by atoms with Gasteiger partial charge in [-0.25, -0.2) is 9.97 Å². The van der Waals surface area contributed by atoms with Crippen molar-refractivity contribution in [2.45, 2.75) is 33.7 Å². The lowest BCUT2D eigenvalue weighted by molar-refractivity contribution is -0.116. The molecule has 0 saturated heterocycles. The molecular weight excluding hydrogens is 320 g/mol. The van der Waals surface area contributed by atoms with Crippen LogP contribution in [0, 0.1) is 13.8 Å². The summed E-state index contributed by atoms with van der Waals surface area (Å²) in [6.07, 6.45) is 4.44. The molecule has 0 spiro atoms. The number of thiazole rings is 1. The Hall–Kier alpha value is -2.47. The molecular formula is C18H20N4OS. The first kappa shape index (κ1) is 16.4. The number of nitrogens with one attached hydrogen (secondary N) is 1. The molecule has 1 N–H and O–H groups in total. The Labute approximate surface area is 145 Å². The average Bonchev–Trinajstić information content (AvgIpc) is 3.14. The fourth-order valence-electron chi connectivity index (χ4n) is 2.56. The Morgan fingerprint density at radius 3 is 2.67 bits per heavy atom. The number of carbonyl (C=O) groups is 1. The first-order chi connectivity index (χ1) is 11.5. The van der Waals surface area contributed by atoms with Crippen molar-refractivity contribution in [2.75, 3.05) is 5.32 Å². The molecule has 124 valence electrons. The second kappa shape index (κ2) is 6.97. The van der Waals surface area contributed by atoms with Gasteiger partial charge in [-0.2, -0.15) is 0 Å². The standard InChI is InChI=1S/C18H20N4OS/c1-4-14-10-24-18(21-14)16-8-22(11-19-16)9-17(23)20-15-6-12(2)5-13(3)7-15/h5-8,10-11H,4,9H2,1-3H3,(H,20,23). The normalized spacial score (nSPS) is 10.8. The van der Waals surface area contributed by atoms with Gasteiger partial charge in [-0.15, -0.1) is 11.3 Å². The summed E-state index contributed by atoms with van der Waals surface area (Å²) in [6, 6.07) is 6.01. The molecule has 0 saturated carbocycles. The Balaban J connectivity index is 1.66. The number of benzene rings is 1. The second-order valence-corrected chi connectivity index (χ2v) is 6.71. The molecule has 0 fully saturated rings. The third-order valence-electron chi connectivity index (χ3n) is 3.60. The second-order valence-electron chi connectivity index (χ2n) is 5.85. The van der Waals surface area contributed by atoms with Crippen molar-refractivity contribution >= 4 is 22.9 Å². The van der Waals surface area contributed by atoms with Crippen molar-refractivity contribution in [3.05, 3.63) is 52.9 Å². The van der Waals surface area contributed by atoms with Crippen LogP contribution in [0.4, 0.5) is 5.69 Å². The van der Waals surface area contributed by atoms with Gasteiger partial charge >= 0.3 is 0 Å². The molecule has 0 aliphatic carbocycles. The smallest absolute Gasteiger partial charge is 0.244 e. The number of amides is 1. The maximum absolute atomic E-state index is 12.2. The molecule has 0 aliphatic rings. The van der Waals surface area contributed by atoms with E-state index in [-0.39, 0.29) is 12.5 Å². The minimum absolute atomic E-state index is 0.0719. The summed E-state index contributed by atoms with van der Waals surface area (Å²) >= 11 is 1.58. The molecule has 3 aromatic rings. The Morgan fingerprint density at radius 2 is 2.00 bits per heavy atom. The minimum atomic E-state index is -0.0719. The zero-order chi connectivity index (χ0) is 17.1. The van der Waals surface area contributed by atoms with Crippen LogP contribution < -0.4 is 5.32 Å². The summed E-state index contributed by atoms with van der Waals surface area (Å²) in [7, 11) is 0. The van der Waals surface area contributed by atoms with Crippen LogP contribution in [-0.4, -0.2) is 20.4 Å². The van der Waals surface area contributed by atoms with Gasteiger partial charge in [0.1, 0.15) is 17.2 Å². The summed E-state index contributed by atoms with van der Waals surface area (Å²) in [5, 5.41) is 5.87. The minimum Gasteiger partial charge on any atom is -0.327 e. The van der Waals surface area contributed by atoms with Gasteiger partial charge in [0.05, 0.1) is 12.0 Å². The van der Waals surface area contributed by atoms with Gasteiger partial charge in [-0.05, 0) is 43.5 Å². The highest BCUT2D eigenvalue weighted by molar-refractivity contribution is 7.13. The predicted molar refractivity (Wildman–Crippen MR) is 97.3 cm³/mol. The van der Waals surface area contributed by atoms with Gasteiger partial charge in [0.25, 0.3) is 0 Å². The number of hydrogen-bond donors (Lipinski definition) is 1. The molecule has 6 heteroatoms. The van der Waals surface area contributed by atoms with E-state index in [4.69, 9.17) is 0 Å². The van der Waals surface area contributed by atoms with E-state index in [2.05, 4.69) is 28.3 Å². The molecule has 2 heterocycles. The first-order valence-electron chi connectivity index (χ1n) is 7.88. The van der Waals surface area contributed by atoms with Crippen LogP contribution >= 0.6 is 11.3 Å². The number of nitrogens with zero attached hydrogens (tertiary/aromatic N) is 3. The van der Waals surface area contributed by atoms with Gasteiger partial charge in [0.15, 0.2) is 0 Å². The Kier molecular flexibility index (Phi) is 4.76. The molecule has 0 bridgehead atoms. The Morgan fingerprint density at radius 1 is 1.25 bits per heavy atom. The fraction of sp³-hybridized carbons (Fsp3) is 0.278. The lowest BCUT2D eigenvalue weighted by Gasteiger charge is -2.07. The van der Waals surface area contributed by atoms with E-state index < -0.39 is 0 Å². The van der Waals surface area contributed by atoms with Crippen LogP contribution in [0.3, 0.4) is 0 Å². The van der Waals surface area contributed by atoms with Crippen LogP contribution in [0.25, 0.3) is 10.7 Å². The fourth-order valence-corrected chi connectivity index (χ4v) is 3.42. The molecule has 0 unspecified atom stereocenters. The molecule has 3 rings (SSSR count). The van der Waals surface area contributed by atoms with Crippen molar-refractivity contribution < 1.29 is 4.79 Å². The van der Waals surface area contributed by atoms with E-state index in [0.717, 1.165) is 39.6 Å². The lowest BCUT2D eigenvalue weighted by atomic mass is 10.1. The summed E-state index contributed by atoms with van der Waals surface area (Å²) < 4.78 is 1.78. The third-order valence-corrected chi connectivity index (χ3v) is 4.51. The van der Waals surface area contributed by atoms with Crippen LogP contribution in [0.15, 0.2) is 36.1 Å². The molecule has 5 nitrogen and oxygen atoms in total. The summed E-state index contributed by atoms with van der Waals surface area (Å²) in [6.45, 7) is 6.34. The average molecular weight is 340 g/mol. The molecule has 24 heavy (non-hydrogen) atoms. The van der Waals surface area contributed by atoms with Crippen molar-refractivity contribution in [1.29, 1.82) is 0 Å². The highest BCUT2D eigenvalue weighted by atomic mass is 32.1. The highest BCUT2D eigenvalue weighted by Gasteiger charge is 2.09. The summed E-state index contributed by atoms with van der Waals surface area (Å²) in [5.41, 5.74) is 4.96. The van der Waals surface area contributed by atoms with E-state index >= 15 is 0 Å². The Bertz CT molecular complexity index is 845. The summed E-state index contributed by atoms with van der Waals surface area (Å²) in [5.74, 6) is -0.0719. The van der Waals surface area contributed by atoms with Crippen LogP contribution in [0.2, 0.25) is 0 Å². The van der Waals surface area contributed by atoms with Crippen molar-refractivity contribution in [1.82, 2.24) is 14.5 Å². The zero-order valence-electron chi connectivity index (χ0n) is 14.0. The van der Waals surface area contributed by atoms with Gasteiger partial charge in [0, 0.05) is 17.3 Å². The first-order valence-corrected chi connectivity index (χ1v) is 8.76. The number of aryl methyl sites for hydroxylation is 3. The highest BCUT2D eigenvalue weighted by Crippen LogP contribution is 2.22. The maximum atomic E-state index is 12.2. The zero-order valence-corrected chi connectivity index (χ0v) is 14.9. The molecule has 1 amide bonds. The van der Waals surface area contributed by atoms with E-state index in [1.54, 1.807) is 22.2 Å². The number of anilines is 1. The third kappa shape index (κ3) is 3.89. The van der Waals surface area contributed by atoms with Gasteiger partial charge in [-0.3, -0.25) is 4.79 Å². The molecule has 2 aromatic heterocycles. The monoisotopic (exact) mass is 340 g/mol. The van der Waals surface area contributed by atoms with E-state index in [0.29, 0.717) is 0 Å². The molecule has 0 radical (unpaired) electrons. The number of aromatic nitrogens is 3. The van der Waals surface area contributed by atoms with Crippen LogP contribution in [0.5, 0.6) is 0 Å². The topological polar surface area (TPSA) is 59.8 Å². The van der Waals surface area contributed by atoms with Crippen molar-refractivity contribution in [3.63, 3.8) is 0 Å². The molecule has 0 aliphatic heterocycles. The lowest BCUT2D eigenvalue weighted by Crippen LogP contribution is -2.18. The van der Waals surface area contributed by atoms with E-state index in [1.165, 1.54) is 0 Å². The van der Waals surface area contributed by atoms with Crippen molar-refractivity contribution in [2.24, 2.45) is 0 Å². The number of rotatable bonds is 5. The van der Waals surface area contributed by atoms with Crippen LogP contribution in [-0.2, 0) is 17.8 Å². The predicted octanol–water partition coefficient (Wildman–Crippen LogP) is 3.82. The quantitative estimate of drug-likeness (QED) is 0.768. The van der Waals surface area contributed by atoms with Gasteiger partial charge < -0.3 is 9.88 Å². The molecule has 0 atom stereocenters. The van der Waals surface area contributed by atoms with E-state index in [1.807, 2.05) is 37.6 Å². The number of hydrogen-bond acceptors (Lipinski definition) is 4. The summed E-state index contributed by atoms with van der Waals surface area (Å²) in [4.78, 5) is 21.1. The van der Waals surface area contributed by atoms with Gasteiger partial charge in [-0.1, -0.05) is 13.0 Å². The number of carbonyl (C=O) groups excluding carboxylic acids is 1. The maximum Gasteiger partial charge on any atom is 0.244 e. The van der Waals surface area contributed by atoms with Crippen molar-refractivity contribution in [3.8, 4) is 10.7 Å². The van der Waals surface area contributed by atoms with Crippen LogP contribution in [0.1, 0.15) is 23.7 Å².